The Bertz CT molecular complexity index is 1530. The van der Waals surface area contributed by atoms with Crippen molar-refractivity contribution in [2.75, 3.05) is 17.7 Å². The Balaban J connectivity index is 1.30. The molecule has 1 fully saturated rings. The minimum Gasteiger partial charge on any atom is -0.339 e. The molecule has 204 valence electrons. The minimum atomic E-state index is -0.156. The number of anilines is 3. The lowest BCUT2D eigenvalue weighted by atomic mass is 9.86. The third kappa shape index (κ3) is 6.04. The van der Waals surface area contributed by atoms with Crippen molar-refractivity contribution in [1.29, 1.82) is 0 Å². The molecule has 40 heavy (non-hydrogen) atoms. The number of benzene rings is 3. The van der Waals surface area contributed by atoms with Gasteiger partial charge in [0.15, 0.2) is 0 Å². The number of hydrogen-bond acceptors (Lipinski definition) is 5. The summed E-state index contributed by atoms with van der Waals surface area (Å²) in [4.78, 5) is 36.5. The van der Waals surface area contributed by atoms with Gasteiger partial charge in [-0.15, -0.1) is 0 Å². The van der Waals surface area contributed by atoms with Gasteiger partial charge in [-0.1, -0.05) is 45.0 Å². The van der Waals surface area contributed by atoms with E-state index in [1.165, 1.54) is 5.56 Å². The third-order valence-electron chi connectivity index (χ3n) is 7.33. The molecule has 1 heterocycles. The van der Waals surface area contributed by atoms with Gasteiger partial charge in [-0.3, -0.25) is 9.59 Å². The molecule has 7 nitrogen and oxygen atoms in total. The fourth-order valence-corrected chi connectivity index (χ4v) is 4.59. The van der Waals surface area contributed by atoms with Crippen molar-refractivity contribution < 1.29 is 9.59 Å². The molecule has 0 bridgehead atoms. The van der Waals surface area contributed by atoms with Crippen molar-refractivity contribution in [3.63, 3.8) is 0 Å². The monoisotopic (exact) mass is 533 g/mol. The molecule has 1 saturated carbocycles. The normalized spacial score (nSPS) is 13.0. The highest BCUT2D eigenvalue weighted by Crippen LogP contribution is 2.30. The van der Waals surface area contributed by atoms with E-state index >= 15 is 0 Å². The van der Waals surface area contributed by atoms with E-state index in [-0.39, 0.29) is 17.2 Å². The molecular formula is C33H35N5O2. The minimum absolute atomic E-state index is 0.0280. The number of carbonyl (C=O) groups is 2. The number of amides is 2. The maximum atomic E-state index is 13.0. The van der Waals surface area contributed by atoms with Crippen LogP contribution in [0.15, 0.2) is 79.0 Å². The summed E-state index contributed by atoms with van der Waals surface area (Å²) in [7, 11) is 1.86. The summed E-state index contributed by atoms with van der Waals surface area (Å²) in [5.74, 6) is 0.326. The number of nitrogens with zero attached hydrogens (tertiary/aromatic N) is 3. The maximum absolute atomic E-state index is 13.0. The fourth-order valence-electron chi connectivity index (χ4n) is 4.59. The second kappa shape index (κ2) is 10.9. The van der Waals surface area contributed by atoms with Crippen LogP contribution in [0.3, 0.4) is 0 Å². The summed E-state index contributed by atoms with van der Waals surface area (Å²) >= 11 is 0. The van der Waals surface area contributed by atoms with Crippen LogP contribution in [0.1, 0.15) is 65.5 Å². The highest BCUT2D eigenvalue weighted by molar-refractivity contribution is 6.05. The Kier molecular flexibility index (Phi) is 7.39. The predicted molar refractivity (Wildman–Crippen MR) is 160 cm³/mol. The summed E-state index contributed by atoms with van der Waals surface area (Å²) in [5.41, 5.74) is 6.54. The summed E-state index contributed by atoms with van der Waals surface area (Å²) in [6.45, 7) is 8.42. The Morgan fingerprint density at radius 2 is 1.57 bits per heavy atom. The smallest absolute Gasteiger partial charge is 0.255 e. The lowest BCUT2D eigenvalue weighted by Gasteiger charge is -2.19. The molecule has 2 N–H and O–H groups in total. The molecule has 0 spiro atoms. The van der Waals surface area contributed by atoms with E-state index in [2.05, 4.69) is 36.4 Å². The summed E-state index contributed by atoms with van der Waals surface area (Å²) < 4.78 is 0. The molecule has 2 amide bonds. The quantitative estimate of drug-likeness (QED) is 0.268. The van der Waals surface area contributed by atoms with Gasteiger partial charge in [0.05, 0.1) is 5.69 Å². The molecule has 1 aliphatic rings. The van der Waals surface area contributed by atoms with Crippen LogP contribution in [0.25, 0.3) is 11.3 Å². The highest BCUT2D eigenvalue weighted by Gasteiger charge is 2.30. The molecule has 0 aliphatic heterocycles. The van der Waals surface area contributed by atoms with E-state index in [4.69, 9.17) is 4.98 Å². The van der Waals surface area contributed by atoms with E-state index in [0.717, 1.165) is 41.0 Å². The zero-order valence-electron chi connectivity index (χ0n) is 23.7. The van der Waals surface area contributed by atoms with Crippen molar-refractivity contribution in [1.82, 2.24) is 14.9 Å². The molecule has 0 radical (unpaired) electrons. The molecule has 1 aliphatic carbocycles. The average molecular weight is 534 g/mol. The molecule has 4 aromatic rings. The Labute approximate surface area is 235 Å². The Morgan fingerprint density at radius 1 is 0.900 bits per heavy atom. The van der Waals surface area contributed by atoms with Crippen molar-refractivity contribution in [3.05, 3.63) is 101 Å². The predicted octanol–water partition coefficient (Wildman–Crippen LogP) is 6.98. The topological polar surface area (TPSA) is 87.2 Å². The number of carbonyl (C=O) groups excluding carboxylic acids is 2. The van der Waals surface area contributed by atoms with Crippen LogP contribution >= 0.6 is 0 Å². The first-order valence-electron chi connectivity index (χ1n) is 13.6. The summed E-state index contributed by atoms with van der Waals surface area (Å²) in [6, 6.07) is 23.1. The Hall–Kier alpha value is -4.52. The van der Waals surface area contributed by atoms with Gasteiger partial charge in [0.25, 0.3) is 11.8 Å². The van der Waals surface area contributed by atoms with Gasteiger partial charge in [0.1, 0.15) is 0 Å². The van der Waals surface area contributed by atoms with Gasteiger partial charge in [-0.25, -0.2) is 9.97 Å². The summed E-state index contributed by atoms with van der Waals surface area (Å²) in [6.07, 6.45) is 3.86. The molecule has 0 unspecified atom stereocenters. The molecule has 7 heteroatoms. The van der Waals surface area contributed by atoms with Gasteiger partial charge < -0.3 is 15.5 Å². The average Bonchev–Trinajstić information content (AvgIpc) is 3.79. The molecule has 0 saturated heterocycles. The zero-order chi connectivity index (χ0) is 28.4. The van der Waals surface area contributed by atoms with Crippen molar-refractivity contribution in [2.45, 2.75) is 52.0 Å². The second-order valence-corrected chi connectivity index (χ2v) is 11.4. The van der Waals surface area contributed by atoms with Gasteiger partial charge >= 0.3 is 0 Å². The van der Waals surface area contributed by atoms with E-state index in [0.29, 0.717) is 23.1 Å². The van der Waals surface area contributed by atoms with Crippen molar-refractivity contribution in [2.24, 2.45) is 0 Å². The van der Waals surface area contributed by atoms with Crippen LogP contribution in [-0.4, -0.2) is 39.8 Å². The molecule has 5 rings (SSSR count). The number of aromatic nitrogens is 2. The van der Waals surface area contributed by atoms with E-state index in [1.807, 2.05) is 91.7 Å². The second-order valence-electron chi connectivity index (χ2n) is 11.4. The van der Waals surface area contributed by atoms with Crippen LogP contribution in [0.5, 0.6) is 0 Å². The molecule has 1 aromatic heterocycles. The van der Waals surface area contributed by atoms with Gasteiger partial charge in [-0.05, 0) is 84.8 Å². The number of rotatable bonds is 7. The largest absolute Gasteiger partial charge is 0.339 e. The fraction of sp³-hybridized carbons (Fsp3) is 0.273. The molecule has 3 aromatic carbocycles. The first-order valence-corrected chi connectivity index (χ1v) is 13.6. The van der Waals surface area contributed by atoms with Crippen LogP contribution < -0.4 is 10.6 Å². The first kappa shape index (κ1) is 27.1. The zero-order valence-corrected chi connectivity index (χ0v) is 23.7. The lowest BCUT2D eigenvalue weighted by molar-refractivity contribution is 0.0785. The molecule has 0 atom stereocenters. The first-order chi connectivity index (χ1) is 19.1. The van der Waals surface area contributed by atoms with Crippen molar-refractivity contribution in [3.8, 4) is 11.3 Å². The van der Waals surface area contributed by atoms with Crippen LogP contribution in [0.2, 0.25) is 0 Å². The summed E-state index contributed by atoms with van der Waals surface area (Å²) in [5, 5.41) is 6.28. The van der Waals surface area contributed by atoms with E-state index in [1.54, 1.807) is 6.20 Å². The van der Waals surface area contributed by atoms with Crippen LogP contribution in [-0.2, 0) is 5.41 Å². The van der Waals surface area contributed by atoms with Crippen LogP contribution in [0.4, 0.5) is 17.3 Å². The SMILES string of the molecule is Cc1c(NC(=O)c2ccc(C(C)(C)C)cc2)cccc1-c1ccnc(Nc2ccc(C(=O)N(C)C3CC3)cc2)n1. The van der Waals surface area contributed by atoms with Crippen molar-refractivity contribution >= 4 is 29.1 Å². The van der Waals surface area contributed by atoms with Gasteiger partial charge in [-0.2, -0.15) is 0 Å². The number of nitrogens with one attached hydrogen (secondary N) is 2. The molecular weight excluding hydrogens is 498 g/mol. The maximum Gasteiger partial charge on any atom is 0.255 e. The lowest BCUT2D eigenvalue weighted by Crippen LogP contribution is -2.28. The third-order valence-corrected chi connectivity index (χ3v) is 7.33. The number of hydrogen-bond donors (Lipinski definition) is 2. The van der Waals surface area contributed by atoms with E-state index < -0.39 is 0 Å². The van der Waals surface area contributed by atoms with E-state index in [9.17, 15) is 9.59 Å². The van der Waals surface area contributed by atoms with Gasteiger partial charge in [0.2, 0.25) is 5.95 Å². The van der Waals surface area contributed by atoms with Gasteiger partial charge in [0, 0.05) is 47.4 Å². The van der Waals surface area contributed by atoms with Crippen LogP contribution in [0, 0.1) is 6.92 Å². The Morgan fingerprint density at radius 3 is 2.23 bits per heavy atom. The standard InChI is InChI=1S/C33H35N5O2/c1-21-27(7-6-8-28(21)36-30(39)22-9-13-24(14-10-22)33(2,3)4)29-19-20-34-32(37-29)35-25-15-11-23(12-16-25)31(40)38(5)26-17-18-26/h6-16,19-20,26H,17-18H2,1-5H3,(H,36,39)(H,34,35,37). The highest BCUT2D eigenvalue weighted by atomic mass is 16.2.